The number of hydrogen-bond acceptors (Lipinski definition) is 4. The second-order valence-electron chi connectivity index (χ2n) is 6.66. The Hall–Kier alpha value is -2.73. The molecule has 26 heavy (non-hydrogen) atoms. The van der Waals surface area contributed by atoms with Gasteiger partial charge in [-0.3, -0.25) is 9.59 Å². The molecule has 2 aromatic rings. The first kappa shape index (κ1) is 18.1. The van der Waals surface area contributed by atoms with E-state index in [1.807, 2.05) is 38.4 Å². The third-order valence-electron chi connectivity index (χ3n) is 4.40. The molecule has 0 saturated carbocycles. The van der Waals surface area contributed by atoms with Crippen LogP contribution in [0.4, 0.5) is 5.69 Å². The maximum absolute atomic E-state index is 12.8. The van der Waals surface area contributed by atoms with Crippen LogP contribution in [0.1, 0.15) is 33.0 Å². The molecular weight excluding hydrogens is 328 g/mol. The van der Waals surface area contributed by atoms with Crippen molar-refractivity contribution in [1.82, 2.24) is 15.2 Å². The van der Waals surface area contributed by atoms with Crippen LogP contribution in [-0.2, 0) is 6.42 Å². The van der Waals surface area contributed by atoms with Crippen LogP contribution in [0.15, 0.2) is 42.5 Å². The van der Waals surface area contributed by atoms with E-state index in [0.717, 1.165) is 30.6 Å². The first-order valence-corrected chi connectivity index (χ1v) is 8.86. The average Bonchev–Trinajstić information content (AvgIpc) is 3.08. The molecule has 0 bridgehead atoms. The Bertz CT molecular complexity index is 804. The normalized spacial score (nSPS) is 13.0. The largest absolute Gasteiger partial charge is 0.351 e. The summed E-state index contributed by atoms with van der Waals surface area (Å²) in [6.07, 6.45) is 1.70. The highest BCUT2D eigenvalue weighted by molar-refractivity contribution is 6.06. The lowest BCUT2D eigenvalue weighted by molar-refractivity contribution is 0.0947. The van der Waals surface area contributed by atoms with Gasteiger partial charge in [-0.2, -0.15) is 0 Å². The summed E-state index contributed by atoms with van der Waals surface area (Å²) in [7, 11) is 3.99. The van der Waals surface area contributed by atoms with Gasteiger partial charge in [-0.1, -0.05) is 24.3 Å². The van der Waals surface area contributed by atoms with Gasteiger partial charge in [0.1, 0.15) is 11.4 Å². The van der Waals surface area contributed by atoms with Gasteiger partial charge in [-0.15, -0.1) is 0 Å². The topological polar surface area (TPSA) is 65.5 Å². The highest BCUT2D eigenvalue weighted by Gasteiger charge is 2.26. The minimum atomic E-state index is -0.250. The number of nitrogens with zero attached hydrogens (tertiary/aromatic N) is 3. The fraction of sp³-hybridized carbons (Fsp3) is 0.350. The molecule has 1 aliphatic rings. The van der Waals surface area contributed by atoms with Gasteiger partial charge in [0.25, 0.3) is 11.8 Å². The van der Waals surface area contributed by atoms with E-state index < -0.39 is 0 Å². The molecule has 6 nitrogen and oxygen atoms in total. The molecule has 1 aromatic heterocycles. The van der Waals surface area contributed by atoms with Crippen molar-refractivity contribution in [1.29, 1.82) is 0 Å². The number of carbonyl (C=O) groups is 2. The van der Waals surface area contributed by atoms with Crippen molar-refractivity contribution in [2.45, 2.75) is 12.8 Å². The number of amides is 2. The fourth-order valence-corrected chi connectivity index (χ4v) is 3.06. The van der Waals surface area contributed by atoms with E-state index in [1.165, 1.54) is 0 Å². The Morgan fingerprint density at radius 3 is 2.69 bits per heavy atom. The molecule has 136 valence electrons. The van der Waals surface area contributed by atoms with Crippen LogP contribution >= 0.6 is 0 Å². The molecule has 2 amide bonds. The Balaban J connectivity index is 1.67. The third kappa shape index (κ3) is 4.08. The van der Waals surface area contributed by atoms with Gasteiger partial charge in [0, 0.05) is 18.8 Å². The minimum Gasteiger partial charge on any atom is -0.351 e. The summed E-state index contributed by atoms with van der Waals surface area (Å²) in [4.78, 5) is 33.2. The van der Waals surface area contributed by atoms with E-state index in [4.69, 9.17) is 0 Å². The van der Waals surface area contributed by atoms with E-state index in [0.29, 0.717) is 18.8 Å². The number of fused-ring (bicyclic) bond motifs is 1. The maximum Gasteiger partial charge on any atom is 0.276 e. The van der Waals surface area contributed by atoms with Crippen LogP contribution in [-0.4, -0.2) is 55.4 Å². The first-order chi connectivity index (χ1) is 12.6. The first-order valence-electron chi connectivity index (χ1n) is 8.86. The molecule has 0 saturated heterocycles. The van der Waals surface area contributed by atoms with E-state index in [2.05, 4.69) is 15.2 Å². The zero-order valence-electron chi connectivity index (χ0n) is 15.2. The number of para-hydroxylation sites is 1. The lowest BCUT2D eigenvalue weighted by atomic mass is 10.2. The zero-order chi connectivity index (χ0) is 18.5. The Labute approximate surface area is 153 Å². The molecule has 0 atom stereocenters. The quantitative estimate of drug-likeness (QED) is 0.807. The van der Waals surface area contributed by atoms with Crippen molar-refractivity contribution in [3.05, 3.63) is 59.4 Å². The van der Waals surface area contributed by atoms with Crippen LogP contribution in [0.2, 0.25) is 0 Å². The van der Waals surface area contributed by atoms with Gasteiger partial charge >= 0.3 is 0 Å². The van der Waals surface area contributed by atoms with Gasteiger partial charge in [0.2, 0.25) is 0 Å². The molecular formula is C20H24N4O2. The molecule has 0 radical (unpaired) electrons. The van der Waals surface area contributed by atoms with Gasteiger partial charge in [-0.05, 0) is 57.2 Å². The van der Waals surface area contributed by atoms with Crippen LogP contribution in [0, 0.1) is 0 Å². The van der Waals surface area contributed by atoms with E-state index in [1.54, 1.807) is 23.1 Å². The second kappa shape index (κ2) is 8.10. The number of pyridine rings is 1. The van der Waals surface area contributed by atoms with Crippen molar-refractivity contribution in [2.24, 2.45) is 0 Å². The molecule has 2 heterocycles. The summed E-state index contributed by atoms with van der Waals surface area (Å²) in [6.45, 7) is 2.12. The molecule has 1 N–H and O–H groups in total. The molecule has 1 aromatic carbocycles. The van der Waals surface area contributed by atoms with Crippen molar-refractivity contribution in [3.8, 4) is 0 Å². The summed E-state index contributed by atoms with van der Waals surface area (Å²) in [5.41, 5.74) is 2.66. The summed E-state index contributed by atoms with van der Waals surface area (Å²) in [6, 6.07) is 12.9. The van der Waals surface area contributed by atoms with Crippen LogP contribution in [0.3, 0.4) is 0 Å². The highest BCUT2D eigenvalue weighted by atomic mass is 16.2. The highest BCUT2D eigenvalue weighted by Crippen LogP contribution is 2.28. The zero-order valence-corrected chi connectivity index (χ0v) is 15.2. The van der Waals surface area contributed by atoms with E-state index in [-0.39, 0.29) is 17.5 Å². The van der Waals surface area contributed by atoms with Crippen LogP contribution in [0.5, 0.6) is 0 Å². The summed E-state index contributed by atoms with van der Waals surface area (Å²) in [5, 5.41) is 2.85. The molecule has 0 unspecified atom stereocenters. The summed E-state index contributed by atoms with van der Waals surface area (Å²) < 4.78 is 0. The number of anilines is 1. The number of hydrogen-bond donors (Lipinski definition) is 1. The standard InChI is InChI=1S/C20H24N4O2/c1-23(2)13-6-12-21-19(25)16-8-5-9-17(22-16)20(26)24-14-11-15-7-3-4-10-18(15)24/h3-5,7-10H,6,11-14H2,1-2H3,(H,21,25). The predicted octanol–water partition coefficient (Wildman–Crippen LogP) is 1.97. The maximum atomic E-state index is 12.8. The van der Waals surface area contributed by atoms with Gasteiger partial charge < -0.3 is 15.1 Å². The number of nitrogens with one attached hydrogen (secondary N) is 1. The lowest BCUT2D eigenvalue weighted by Crippen LogP contribution is -2.31. The molecule has 3 rings (SSSR count). The smallest absolute Gasteiger partial charge is 0.276 e. The van der Waals surface area contributed by atoms with Crippen LogP contribution in [0.25, 0.3) is 0 Å². The van der Waals surface area contributed by atoms with Gasteiger partial charge in [0.05, 0.1) is 0 Å². The van der Waals surface area contributed by atoms with E-state index >= 15 is 0 Å². The third-order valence-corrected chi connectivity index (χ3v) is 4.40. The number of carbonyl (C=O) groups excluding carboxylic acids is 2. The molecule has 0 spiro atoms. The predicted molar refractivity (Wildman–Crippen MR) is 102 cm³/mol. The van der Waals surface area contributed by atoms with Gasteiger partial charge in [0.15, 0.2) is 0 Å². The SMILES string of the molecule is CN(C)CCCNC(=O)c1cccc(C(=O)N2CCc3ccccc32)n1. The van der Waals surface area contributed by atoms with E-state index in [9.17, 15) is 9.59 Å². The summed E-state index contributed by atoms with van der Waals surface area (Å²) >= 11 is 0. The Morgan fingerprint density at radius 1 is 1.12 bits per heavy atom. The number of benzene rings is 1. The van der Waals surface area contributed by atoms with Crippen molar-refractivity contribution < 1.29 is 9.59 Å². The van der Waals surface area contributed by atoms with Crippen molar-refractivity contribution >= 4 is 17.5 Å². The number of aromatic nitrogens is 1. The Kier molecular flexibility index (Phi) is 5.63. The van der Waals surface area contributed by atoms with Gasteiger partial charge in [-0.25, -0.2) is 4.98 Å². The lowest BCUT2D eigenvalue weighted by Gasteiger charge is -2.17. The monoisotopic (exact) mass is 352 g/mol. The number of rotatable bonds is 6. The van der Waals surface area contributed by atoms with Crippen LogP contribution < -0.4 is 10.2 Å². The average molecular weight is 352 g/mol. The summed E-state index contributed by atoms with van der Waals surface area (Å²) in [5.74, 6) is -0.419. The fourth-order valence-electron chi connectivity index (χ4n) is 3.06. The molecule has 0 fully saturated rings. The minimum absolute atomic E-state index is 0.169. The molecule has 0 aliphatic carbocycles. The molecule has 6 heteroatoms. The molecule has 1 aliphatic heterocycles. The van der Waals surface area contributed by atoms with Crippen molar-refractivity contribution in [3.63, 3.8) is 0 Å². The van der Waals surface area contributed by atoms with Crippen molar-refractivity contribution in [2.75, 3.05) is 38.6 Å². The second-order valence-corrected chi connectivity index (χ2v) is 6.66. The Morgan fingerprint density at radius 2 is 1.88 bits per heavy atom.